The third-order valence-electron chi connectivity index (χ3n) is 3.97. The number of amides is 1. The van der Waals surface area contributed by atoms with Gasteiger partial charge in [0, 0.05) is 12.7 Å². The monoisotopic (exact) mass is 388 g/mol. The molecule has 3 rings (SSSR count). The molecule has 0 atom stereocenters. The van der Waals surface area contributed by atoms with Crippen LogP contribution in [0, 0.1) is 13.8 Å². The molecular formula is C18H20N4O2S2. The zero-order chi connectivity index (χ0) is 18.5. The average Bonchev–Trinajstić information content (AvgIpc) is 3.29. The molecule has 0 aliphatic rings. The highest BCUT2D eigenvalue weighted by Crippen LogP contribution is 2.29. The fourth-order valence-electron chi connectivity index (χ4n) is 2.28. The minimum atomic E-state index is 0.0191. The first-order valence-corrected chi connectivity index (χ1v) is 9.89. The molecule has 0 aliphatic heterocycles. The summed E-state index contributed by atoms with van der Waals surface area (Å²) in [6.45, 7) is 4.61. The van der Waals surface area contributed by atoms with Gasteiger partial charge < -0.3 is 14.6 Å². The minimum Gasteiger partial charge on any atom is -0.467 e. The van der Waals surface area contributed by atoms with E-state index in [1.54, 1.807) is 18.2 Å². The van der Waals surface area contributed by atoms with E-state index in [9.17, 15) is 4.79 Å². The molecule has 2 aromatic heterocycles. The van der Waals surface area contributed by atoms with Crippen LogP contribution < -0.4 is 5.32 Å². The number of nitrogens with one attached hydrogen (secondary N) is 1. The number of aryl methyl sites for hydroxylation is 1. The number of furan rings is 1. The third-order valence-corrected chi connectivity index (χ3v) is 5.93. The fraction of sp³-hybridized carbons (Fsp3) is 0.278. The standard InChI is InChI=1S/C18H20N4O2S2/c1-12-6-4-8-15(13(12)2)19-17-20-21-18(26-17)25-11-16(23)22(3)10-14-7-5-9-24-14/h4-9H,10-11H2,1-3H3,(H,19,20). The largest absolute Gasteiger partial charge is 0.467 e. The van der Waals surface area contributed by atoms with Crippen molar-refractivity contribution in [2.75, 3.05) is 18.1 Å². The average molecular weight is 389 g/mol. The van der Waals surface area contributed by atoms with Crippen LogP contribution in [0.25, 0.3) is 0 Å². The highest BCUT2D eigenvalue weighted by Gasteiger charge is 2.13. The predicted molar refractivity (Wildman–Crippen MR) is 105 cm³/mol. The second-order valence-corrected chi connectivity index (χ2v) is 8.06. The maximum atomic E-state index is 12.2. The van der Waals surface area contributed by atoms with E-state index in [2.05, 4.69) is 35.4 Å². The molecule has 0 bridgehead atoms. The molecule has 26 heavy (non-hydrogen) atoms. The van der Waals surface area contributed by atoms with Crippen LogP contribution >= 0.6 is 23.1 Å². The summed E-state index contributed by atoms with van der Waals surface area (Å²) in [5, 5.41) is 12.3. The molecule has 3 aromatic rings. The number of aromatic nitrogens is 2. The van der Waals surface area contributed by atoms with Gasteiger partial charge in [-0.05, 0) is 43.2 Å². The van der Waals surface area contributed by atoms with Crippen molar-refractivity contribution in [2.24, 2.45) is 0 Å². The van der Waals surface area contributed by atoms with Gasteiger partial charge >= 0.3 is 0 Å². The summed E-state index contributed by atoms with van der Waals surface area (Å²) >= 11 is 2.83. The van der Waals surface area contributed by atoms with Crippen LogP contribution in [-0.2, 0) is 11.3 Å². The van der Waals surface area contributed by atoms with Gasteiger partial charge in [0.05, 0.1) is 18.6 Å². The molecule has 1 aromatic carbocycles. The smallest absolute Gasteiger partial charge is 0.233 e. The molecule has 1 amide bonds. The predicted octanol–water partition coefficient (Wildman–Crippen LogP) is 4.24. The van der Waals surface area contributed by atoms with Gasteiger partial charge in [0.2, 0.25) is 11.0 Å². The number of anilines is 2. The molecule has 136 valence electrons. The first kappa shape index (κ1) is 18.5. The van der Waals surface area contributed by atoms with Gasteiger partial charge in [-0.2, -0.15) is 0 Å². The van der Waals surface area contributed by atoms with Crippen molar-refractivity contribution in [3.63, 3.8) is 0 Å². The van der Waals surface area contributed by atoms with Crippen molar-refractivity contribution >= 4 is 39.8 Å². The van der Waals surface area contributed by atoms with E-state index in [4.69, 9.17) is 4.42 Å². The Morgan fingerprint density at radius 1 is 1.27 bits per heavy atom. The van der Waals surface area contributed by atoms with E-state index in [0.29, 0.717) is 12.3 Å². The van der Waals surface area contributed by atoms with Crippen LogP contribution in [0.4, 0.5) is 10.8 Å². The zero-order valence-corrected chi connectivity index (χ0v) is 16.5. The lowest BCUT2D eigenvalue weighted by molar-refractivity contribution is -0.127. The van der Waals surface area contributed by atoms with Gasteiger partial charge in [0.15, 0.2) is 4.34 Å². The number of rotatable bonds is 7. The van der Waals surface area contributed by atoms with E-state index in [0.717, 1.165) is 20.9 Å². The molecule has 0 fully saturated rings. The Labute approximate surface area is 160 Å². The van der Waals surface area contributed by atoms with Crippen molar-refractivity contribution in [3.05, 3.63) is 53.5 Å². The Bertz CT molecular complexity index is 877. The molecule has 0 unspecified atom stereocenters. The third kappa shape index (κ3) is 4.64. The molecule has 1 N–H and O–H groups in total. The summed E-state index contributed by atoms with van der Waals surface area (Å²) in [5.74, 6) is 1.10. The van der Waals surface area contributed by atoms with Gasteiger partial charge in [-0.15, -0.1) is 10.2 Å². The summed E-state index contributed by atoms with van der Waals surface area (Å²) in [6, 6.07) is 9.77. The van der Waals surface area contributed by atoms with Crippen LogP contribution in [0.1, 0.15) is 16.9 Å². The number of hydrogen-bond donors (Lipinski definition) is 1. The van der Waals surface area contributed by atoms with Gasteiger partial charge in [-0.1, -0.05) is 35.2 Å². The van der Waals surface area contributed by atoms with Crippen molar-refractivity contribution in [1.29, 1.82) is 0 Å². The first-order valence-electron chi connectivity index (χ1n) is 8.09. The first-order chi connectivity index (χ1) is 12.5. The van der Waals surface area contributed by atoms with Crippen LogP contribution in [0.3, 0.4) is 0 Å². The molecule has 6 nitrogen and oxygen atoms in total. The van der Waals surface area contributed by atoms with Gasteiger partial charge in [-0.3, -0.25) is 4.79 Å². The number of nitrogens with zero attached hydrogens (tertiary/aromatic N) is 3. The van der Waals surface area contributed by atoms with Crippen molar-refractivity contribution < 1.29 is 9.21 Å². The van der Waals surface area contributed by atoms with Crippen LogP contribution in [0.15, 0.2) is 45.4 Å². The number of carbonyl (C=O) groups is 1. The maximum Gasteiger partial charge on any atom is 0.233 e. The molecular weight excluding hydrogens is 368 g/mol. The van der Waals surface area contributed by atoms with Crippen LogP contribution in [0.2, 0.25) is 0 Å². The number of benzene rings is 1. The lowest BCUT2D eigenvalue weighted by Crippen LogP contribution is -2.27. The highest BCUT2D eigenvalue weighted by molar-refractivity contribution is 8.01. The molecule has 0 radical (unpaired) electrons. The second kappa shape index (κ2) is 8.37. The molecule has 0 saturated heterocycles. The van der Waals surface area contributed by atoms with Crippen molar-refractivity contribution in [1.82, 2.24) is 15.1 Å². The van der Waals surface area contributed by atoms with Crippen molar-refractivity contribution in [2.45, 2.75) is 24.7 Å². The van der Waals surface area contributed by atoms with Gasteiger partial charge in [0.1, 0.15) is 5.76 Å². The van der Waals surface area contributed by atoms with Crippen LogP contribution in [0.5, 0.6) is 0 Å². The second-order valence-electron chi connectivity index (χ2n) is 5.86. The lowest BCUT2D eigenvalue weighted by Gasteiger charge is -2.14. The number of thioether (sulfide) groups is 1. The van der Waals surface area contributed by atoms with E-state index in [1.807, 2.05) is 24.3 Å². The topological polar surface area (TPSA) is 71.3 Å². The number of carbonyl (C=O) groups excluding carboxylic acids is 1. The Kier molecular flexibility index (Phi) is 5.95. The molecule has 8 heteroatoms. The van der Waals surface area contributed by atoms with Gasteiger partial charge in [0.25, 0.3) is 0 Å². The van der Waals surface area contributed by atoms with E-state index < -0.39 is 0 Å². The Morgan fingerprint density at radius 2 is 2.12 bits per heavy atom. The molecule has 0 saturated carbocycles. The summed E-state index contributed by atoms with van der Waals surface area (Å²) in [5.41, 5.74) is 3.43. The minimum absolute atomic E-state index is 0.0191. The maximum absolute atomic E-state index is 12.2. The Balaban J connectivity index is 1.53. The van der Waals surface area contributed by atoms with E-state index >= 15 is 0 Å². The quantitative estimate of drug-likeness (QED) is 0.610. The summed E-state index contributed by atoms with van der Waals surface area (Å²) < 4.78 is 6.03. The van der Waals surface area contributed by atoms with Crippen LogP contribution in [-0.4, -0.2) is 33.8 Å². The van der Waals surface area contributed by atoms with Crippen molar-refractivity contribution in [3.8, 4) is 0 Å². The van der Waals surface area contributed by atoms with Gasteiger partial charge in [-0.25, -0.2) is 0 Å². The fourth-order valence-corrected chi connectivity index (χ4v) is 3.98. The van der Waals surface area contributed by atoms with E-state index in [1.165, 1.54) is 34.2 Å². The molecule has 2 heterocycles. The normalized spacial score (nSPS) is 10.7. The van der Waals surface area contributed by atoms with E-state index in [-0.39, 0.29) is 5.91 Å². The summed E-state index contributed by atoms with van der Waals surface area (Å²) in [4.78, 5) is 13.9. The highest BCUT2D eigenvalue weighted by atomic mass is 32.2. The Hall–Kier alpha value is -2.32. The SMILES string of the molecule is Cc1cccc(Nc2nnc(SCC(=O)N(C)Cc3ccco3)s2)c1C. The summed E-state index contributed by atoms with van der Waals surface area (Å²) in [7, 11) is 1.76. The zero-order valence-electron chi connectivity index (χ0n) is 14.9. The number of hydrogen-bond acceptors (Lipinski definition) is 7. The molecule has 0 spiro atoms. The Morgan fingerprint density at radius 3 is 2.88 bits per heavy atom. The molecule has 0 aliphatic carbocycles. The summed E-state index contributed by atoms with van der Waals surface area (Å²) in [6.07, 6.45) is 1.61. The lowest BCUT2D eigenvalue weighted by atomic mass is 10.1.